The molecule has 34 heavy (non-hydrogen) atoms. The van der Waals surface area contributed by atoms with E-state index >= 15 is 0 Å². The minimum absolute atomic E-state index is 0.0249. The Morgan fingerprint density at radius 1 is 0.824 bits per heavy atom. The zero-order valence-corrected chi connectivity index (χ0v) is 17.0. The van der Waals surface area contributed by atoms with Crippen molar-refractivity contribution in [3.05, 3.63) is 94.5 Å². The van der Waals surface area contributed by atoms with E-state index in [1.807, 2.05) is 5.32 Å². The van der Waals surface area contributed by atoms with Crippen LogP contribution in [-0.2, 0) is 19.0 Å². The van der Waals surface area contributed by atoms with Gasteiger partial charge in [0.25, 0.3) is 5.91 Å². The molecule has 0 aliphatic heterocycles. The Morgan fingerprint density at radius 3 is 1.94 bits per heavy atom. The van der Waals surface area contributed by atoms with E-state index < -0.39 is 46.6 Å². The fourth-order valence-corrected chi connectivity index (χ4v) is 2.93. The Labute approximate surface area is 188 Å². The minimum Gasteiger partial charge on any atom is -0.488 e. The van der Waals surface area contributed by atoms with E-state index in [1.54, 1.807) is 30.3 Å². The van der Waals surface area contributed by atoms with Gasteiger partial charge < -0.3 is 15.2 Å². The summed E-state index contributed by atoms with van der Waals surface area (Å²) in [6.07, 6.45) is -10.2. The SMILES string of the molecule is O=C(Nc1cc(C(F)(F)F)cc(C(F)(F)F)c1)c1ccc(OCc2ccccc2)c(C(=O)O)c1. The van der Waals surface area contributed by atoms with Gasteiger partial charge in [0.05, 0.1) is 11.1 Å². The van der Waals surface area contributed by atoms with Crippen LogP contribution in [0.15, 0.2) is 66.7 Å². The number of nitrogens with one attached hydrogen (secondary N) is 1. The van der Waals surface area contributed by atoms with Gasteiger partial charge in [0.1, 0.15) is 17.9 Å². The summed E-state index contributed by atoms with van der Waals surface area (Å²) < 4.78 is 83.6. The number of benzene rings is 3. The fraction of sp³-hybridized carbons (Fsp3) is 0.130. The largest absolute Gasteiger partial charge is 0.488 e. The number of rotatable bonds is 6. The van der Waals surface area contributed by atoms with Gasteiger partial charge in [-0.25, -0.2) is 4.79 Å². The van der Waals surface area contributed by atoms with E-state index in [2.05, 4.69) is 0 Å². The summed E-state index contributed by atoms with van der Waals surface area (Å²) in [5.41, 5.74) is -3.94. The molecule has 0 bridgehead atoms. The maximum Gasteiger partial charge on any atom is 0.416 e. The second-order valence-electron chi connectivity index (χ2n) is 7.04. The lowest BCUT2D eigenvalue weighted by molar-refractivity contribution is -0.143. The molecule has 11 heteroatoms. The van der Waals surface area contributed by atoms with Crippen molar-refractivity contribution < 1.29 is 45.8 Å². The van der Waals surface area contributed by atoms with E-state index in [0.717, 1.165) is 17.7 Å². The lowest BCUT2D eigenvalue weighted by Crippen LogP contribution is -2.16. The van der Waals surface area contributed by atoms with Crippen molar-refractivity contribution in [2.24, 2.45) is 0 Å². The number of anilines is 1. The maximum atomic E-state index is 13.0. The monoisotopic (exact) mass is 483 g/mol. The van der Waals surface area contributed by atoms with E-state index in [0.29, 0.717) is 12.1 Å². The van der Waals surface area contributed by atoms with Crippen LogP contribution >= 0.6 is 0 Å². The number of carbonyl (C=O) groups is 2. The highest BCUT2D eigenvalue weighted by molar-refractivity contribution is 6.06. The van der Waals surface area contributed by atoms with Gasteiger partial charge in [-0.2, -0.15) is 26.3 Å². The molecule has 0 unspecified atom stereocenters. The third-order valence-electron chi connectivity index (χ3n) is 4.55. The first-order valence-corrected chi connectivity index (χ1v) is 9.49. The highest BCUT2D eigenvalue weighted by Crippen LogP contribution is 2.37. The lowest BCUT2D eigenvalue weighted by Gasteiger charge is -2.15. The van der Waals surface area contributed by atoms with Crippen LogP contribution in [0.1, 0.15) is 37.4 Å². The molecule has 1 amide bonds. The third kappa shape index (κ3) is 6.06. The zero-order valence-electron chi connectivity index (χ0n) is 17.0. The molecule has 3 aromatic rings. The van der Waals surface area contributed by atoms with Crippen molar-refractivity contribution in [3.63, 3.8) is 0 Å². The fourth-order valence-electron chi connectivity index (χ4n) is 2.93. The Morgan fingerprint density at radius 2 is 1.41 bits per heavy atom. The molecule has 0 saturated heterocycles. The number of aromatic carboxylic acids is 1. The van der Waals surface area contributed by atoms with Gasteiger partial charge >= 0.3 is 18.3 Å². The summed E-state index contributed by atoms with van der Waals surface area (Å²) in [5, 5.41) is 11.4. The van der Waals surface area contributed by atoms with Gasteiger partial charge in [-0.15, -0.1) is 0 Å². The molecule has 3 rings (SSSR count). The molecule has 3 aromatic carbocycles. The van der Waals surface area contributed by atoms with Crippen molar-refractivity contribution in [1.82, 2.24) is 0 Å². The molecular weight excluding hydrogens is 468 g/mol. The number of carboxylic acids is 1. The van der Waals surface area contributed by atoms with Crippen LogP contribution in [0.3, 0.4) is 0 Å². The summed E-state index contributed by atoms with van der Waals surface area (Å²) in [6, 6.07) is 12.6. The molecule has 0 radical (unpaired) electrons. The summed E-state index contributed by atoms with van der Waals surface area (Å²) in [4.78, 5) is 24.1. The van der Waals surface area contributed by atoms with E-state index in [-0.39, 0.29) is 24.0 Å². The summed E-state index contributed by atoms with van der Waals surface area (Å²) >= 11 is 0. The molecule has 0 aliphatic carbocycles. The summed E-state index contributed by atoms with van der Waals surface area (Å²) in [7, 11) is 0. The van der Waals surface area contributed by atoms with E-state index in [4.69, 9.17) is 4.74 Å². The van der Waals surface area contributed by atoms with Crippen molar-refractivity contribution in [2.75, 3.05) is 5.32 Å². The van der Waals surface area contributed by atoms with Crippen LogP contribution in [0.4, 0.5) is 32.0 Å². The van der Waals surface area contributed by atoms with Gasteiger partial charge in [0.2, 0.25) is 0 Å². The highest BCUT2D eigenvalue weighted by atomic mass is 19.4. The third-order valence-corrected chi connectivity index (χ3v) is 4.55. The number of carboxylic acid groups (broad SMARTS) is 1. The molecule has 0 spiro atoms. The number of amides is 1. The van der Waals surface area contributed by atoms with Crippen LogP contribution in [0, 0.1) is 0 Å². The van der Waals surface area contributed by atoms with Crippen LogP contribution in [0.2, 0.25) is 0 Å². The van der Waals surface area contributed by atoms with Crippen molar-refractivity contribution in [2.45, 2.75) is 19.0 Å². The summed E-state index contributed by atoms with van der Waals surface area (Å²) in [6.45, 7) is 0.0249. The smallest absolute Gasteiger partial charge is 0.416 e. The van der Waals surface area contributed by atoms with E-state index in [1.165, 1.54) is 6.07 Å². The predicted octanol–water partition coefficient (Wildman–Crippen LogP) is 6.25. The van der Waals surface area contributed by atoms with E-state index in [9.17, 15) is 41.0 Å². The Hall–Kier alpha value is -4.02. The predicted molar refractivity (Wildman–Crippen MR) is 109 cm³/mol. The van der Waals surface area contributed by atoms with Crippen LogP contribution in [-0.4, -0.2) is 17.0 Å². The molecule has 178 valence electrons. The van der Waals surface area contributed by atoms with Gasteiger partial charge in [-0.3, -0.25) is 4.79 Å². The van der Waals surface area contributed by atoms with Crippen LogP contribution in [0.5, 0.6) is 5.75 Å². The molecule has 0 atom stereocenters. The molecule has 5 nitrogen and oxygen atoms in total. The number of carbonyl (C=O) groups excluding carboxylic acids is 1. The number of ether oxygens (including phenoxy) is 1. The number of hydrogen-bond acceptors (Lipinski definition) is 3. The first-order chi connectivity index (χ1) is 15.8. The first kappa shape index (κ1) is 24.6. The maximum absolute atomic E-state index is 13.0. The number of alkyl halides is 6. The Balaban J connectivity index is 1.87. The second kappa shape index (κ2) is 9.46. The van der Waals surface area contributed by atoms with Gasteiger partial charge in [0, 0.05) is 11.3 Å². The first-order valence-electron chi connectivity index (χ1n) is 9.49. The number of halogens is 6. The van der Waals surface area contributed by atoms with Gasteiger partial charge in [-0.05, 0) is 42.0 Å². The molecule has 0 heterocycles. The van der Waals surface area contributed by atoms with Gasteiger partial charge in [0.15, 0.2) is 0 Å². The highest BCUT2D eigenvalue weighted by Gasteiger charge is 2.37. The molecular formula is C23H15F6NO4. The minimum atomic E-state index is -5.09. The molecule has 0 fully saturated rings. The van der Waals surface area contributed by atoms with Crippen molar-refractivity contribution in [3.8, 4) is 5.75 Å². The Bertz CT molecular complexity index is 1170. The van der Waals surface area contributed by atoms with Crippen molar-refractivity contribution in [1.29, 1.82) is 0 Å². The molecule has 0 aliphatic rings. The molecule has 2 N–H and O–H groups in total. The molecule has 0 aromatic heterocycles. The Kier molecular flexibility index (Phi) is 6.85. The number of hydrogen-bond donors (Lipinski definition) is 2. The quantitative estimate of drug-likeness (QED) is 0.406. The second-order valence-corrected chi connectivity index (χ2v) is 7.04. The van der Waals surface area contributed by atoms with Crippen molar-refractivity contribution >= 4 is 17.6 Å². The lowest BCUT2D eigenvalue weighted by atomic mass is 10.1. The average Bonchev–Trinajstić information content (AvgIpc) is 2.76. The van der Waals surface area contributed by atoms with Crippen LogP contribution < -0.4 is 10.1 Å². The normalized spacial score (nSPS) is 11.7. The zero-order chi connectivity index (χ0) is 25.1. The summed E-state index contributed by atoms with van der Waals surface area (Å²) in [5.74, 6) is -2.63. The van der Waals surface area contributed by atoms with Gasteiger partial charge in [-0.1, -0.05) is 30.3 Å². The topological polar surface area (TPSA) is 75.6 Å². The standard InChI is InChI=1S/C23H15F6NO4/c24-22(25,26)15-9-16(23(27,28)29)11-17(10-15)30-20(31)14-6-7-19(18(8-14)21(32)33)34-12-13-4-2-1-3-5-13/h1-11H,12H2,(H,30,31)(H,32,33). The average molecular weight is 483 g/mol. The molecule has 0 saturated carbocycles. The van der Waals surface area contributed by atoms with Crippen LogP contribution in [0.25, 0.3) is 0 Å².